The summed E-state index contributed by atoms with van der Waals surface area (Å²) in [6.07, 6.45) is 1.24. The molecule has 4 rings (SSSR count). The fourth-order valence-electron chi connectivity index (χ4n) is 2.73. The number of fused-ring (bicyclic) bond motifs is 1. The van der Waals surface area contributed by atoms with Gasteiger partial charge in [0.05, 0.1) is 16.1 Å². The van der Waals surface area contributed by atoms with Gasteiger partial charge in [0.25, 0.3) is 15.6 Å². The minimum absolute atomic E-state index is 0.0308. The summed E-state index contributed by atoms with van der Waals surface area (Å²) in [6.45, 7) is 0. The molecule has 0 aliphatic rings. The molecule has 0 atom stereocenters. The van der Waals surface area contributed by atoms with E-state index in [-0.39, 0.29) is 16.4 Å². The van der Waals surface area contributed by atoms with Gasteiger partial charge in [0.2, 0.25) is 0 Å². The molecule has 0 aliphatic heterocycles. The minimum atomic E-state index is -3.90. The Labute approximate surface area is 152 Å². The summed E-state index contributed by atoms with van der Waals surface area (Å²) >= 11 is 0. The van der Waals surface area contributed by atoms with Crippen LogP contribution < -0.4 is 10.3 Å². The first-order valence-electron chi connectivity index (χ1n) is 7.80. The molecule has 0 spiro atoms. The second-order valence-corrected chi connectivity index (χ2v) is 7.35. The topological polar surface area (TPSA) is 94.2 Å². The van der Waals surface area contributed by atoms with Crippen LogP contribution in [0.5, 0.6) is 0 Å². The first kappa shape index (κ1) is 17.0. The molecule has 27 heavy (non-hydrogen) atoms. The molecule has 2 aromatic heterocycles. The number of halogens is 1. The number of hydrogen-bond donors (Lipinski definition) is 1. The maximum absolute atomic E-state index is 14.2. The fourth-order valence-corrected chi connectivity index (χ4v) is 3.76. The molecule has 136 valence electrons. The van der Waals surface area contributed by atoms with Gasteiger partial charge in [-0.3, -0.25) is 14.1 Å². The standard InChI is InChI=1S/C18H12FN3O4S/c19-14-3-1-2-4-16(14)22-15-7-6-13(11-12(15)5-8-18(22)23)27(24,25)21-17-9-10-26-20-17/h1-11H,(H,20,21). The zero-order chi connectivity index (χ0) is 19.0. The van der Waals surface area contributed by atoms with Crippen LogP contribution in [0.25, 0.3) is 16.6 Å². The van der Waals surface area contributed by atoms with Crippen LogP contribution in [-0.4, -0.2) is 18.1 Å². The van der Waals surface area contributed by atoms with Crippen molar-refractivity contribution in [3.63, 3.8) is 0 Å². The molecule has 0 fully saturated rings. The van der Waals surface area contributed by atoms with E-state index < -0.39 is 21.4 Å². The van der Waals surface area contributed by atoms with Crippen molar-refractivity contribution in [1.29, 1.82) is 0 Å². The predicted octanol–water partition coefficient (Wildman–Crippen LogP) is 2.92. The Morgan fingerprint density at radius 2 is 1.85 bits per heavy atom. The van der Waals surface area contributed by atoms with Gasteiger partial charge >= 0.3 is 0 Å². The van der Waals surface area contributed by atoms with Crippen molar-refractivity contribution in [2.24, 2.45) is 0 Å². The van der Waals surface area contributed by atoms with Crippen molar-refractivity contribution >= 4 is 26.7 Å². The van der Waals surface area contributed by atoms with Gasteiger partial charge in [0.15, 0.2) is 5.82 Å². The van der Waals surface area contributed by atoms with E-state index in [9.17, 15) is 17.6 Å². The maximum Gasteiger partial charge on any atom is 0.263 e. The molecular formula is C18H12FN3O4S. The Hall–Kier alpha value is -3.46. The van der Waals surface area contributed by atoms with Crippen LogP contribution >= 0.6 is 0 Å². The highest BCUT2D eigenvalue weighted by molar-refractivity contribution is 7.92. The number of para-hydroxylation sites is 1. The van der Waals surface area contributed by atoms with Crippen molar-refractivity contribution in [3.8, 4) is 5.69 Å². The number of aromatic nitrogens is 2. The third-order valence-corrected chi connectivity index (χ3v) is 5.30. The second-order valence-electron chi connectivity index (χ2n) is 5.67. The summed E-state index contributed by atoms with van der Waals surface area (Å²) in [5.74, 6) is -0.511. The zero-order valence-electron chi connectivity index (χ0n) is 13.7. The second kappa shape index (κ2) is 6.36. The Bertz CT molecular complexity index is 1300. The minimum Gasteiger partial charge on any atom is -0.363 e. The SMILES string of the molecule is O=c1ccc2cc(S(=O)(=O)Nc3ccon3)ccc2n1-c1ccccc1F. The molecule has 0 unspecified atom stereocenters. The van der Waals surface area contributed by atoms with Crippen molar-refractivity contribution in [3.05, 3.63) is 83.1 Å². The summed E-state index contributed by atoms with van der Waals surface area (Å²) in [7, 11) is -3.90. The summed E-state index contributed by atoms with van der Waals surface area (Å²) in [4.78, 5) is 12.3. The van der Waals surface area contributed by atoms with Crippen LogP contribution in [0, 0.1) is 5.82 Å². The van der Waals surface area contributed by atoms with Gasteiger partial charge in [-0.25, -0.2) is 12.8 Å². The Kier molecular flexibility index (Phi) is 4.00. The highest BCUT2D eigenvalue weighted by Crippen LogP contribution is 2.23. The van der Waals surface area contributed by atoms with Crippen LogP contribution in [0.2, 0.25) is 0 Å². The van der Waals surface area contributed by atoms with Crippen LogP contribution in [0.3, 0.4) is 0 Å². The van der Waals surface area contributed by atoms with Crippen molar-refractivity contribution < 1.29 is 17.3 Å². The van der Waals surface area contributed by atoms with E-state index in [1.165, 1.54) is 65.4 Å². The number of benzene rings is 2. The normalized spacial score (nSPS) is 11.6. The summed E-state index contributed by atoms with van der Waals surface area (Å²) in [6, 6.07) is 14.2. The number of pyridine rings is 1. The Morgan fingerprint density at radius 1 is 1.04 bits per heavy atom. The summed E-state index contributed by atoms with van der Waals surface area (Å²) in [5, 5.41) is 3.97. The molecule has 0 saturated heterocycles. The van der Waals surface area contributed by atoms with Gasteiger partial charge in [-0.15, -0.1) is 0 Å². The van der Waals surface area contributed by atoms with Crippen molar-refractivity contribution in [2.75, 3.05) is 4.72 Å². The fraction of sp³-hybridized carbons (Fsp3) is 0. The van der Waals surface area contributed by atoms with E-state index in [1.54, 1.807) is 6.07 Å². The smallest absolute Gasteiger partial charge is 0.263 e. The third-order valence-electron chi connectivity index (χ3n) is 3.95. The molecule has 7 nitrogen and oxygen atoms in total. The molecule has 1 N–H and O–H groups in total. The molecule has 4 aromatic rings. The van der Waals surface area contributed by atoms with Gasteiger partial charge in [0.1, 0.15) is 12.1 Å². The van der Waals surface area contributed by atoms with Gasteiger partial charge < -0.3 is 4.52 Å². The van der Waals surface area contributed by atoms with E-state index in [4.69, 9.17) is 0 Å². The first-order chi connectivity index (χ1) is 13.0. The number of sulfonamides is 1. The third kappa shape index (κ3) is 3.08. The predicted molar refractivity (Wildman–Crippen MR) is 96.8 cm³/mol. The van der Waals surface area contributed by atoms with Gasteiger partial charge in [-0.2, -0.15) is 0 Å². The van der Waals surface area contributed by atoms with E-state index in [0.29, 0.717) is 10.9 Å². The summed E-state index contributed by atoms with van der Waals surface area (Å²) in [5.41, 5.74) is 0.0429. The van der Waals surface area contributed by atoms with Crippen molar-refractivity contribution in [1.82, 2.24) is 9.72 Å². The zero-order valence-corrected chi connectivity index (χ0v) is 14.5. The average molecular weight is 385 g/mol. The molecular weight excluding hydrogens is 373 g/mol. The van der Waals surface area contributed by atoms with Gasteiger partial charge in [-0.1, -0.05) is 17.3 Å². The van der Waals surface area contributed by atoms with E-state index in [2.05, 4.69) is 14.4 Å². The first-order valence-corrected chi connectivity index (χ1v) is 9.28. The average Bonchev–Trinajstić information content (AvgIpc) is 3.14. The molecule has 0 aliphatic carbocycles. The number of rotatable bonds is 4. The molecule has 0 saturated carbocycles. The van der Waals surface area contributed by atoms with E-state index in [1.807, 2.05) is 0 Å². The van der Waals surface area contributed by atoms with E-state index >= 15 is 0 Å². The van der Waals surface area contributed by atoms with Gasteiger partial charge in [-0.05, 0) is 36.4 Å². The molecule has 0 radical (unpaired) electrons. The monoisotopic (exact) mass is 385 g/mol. The summed E-state index contributed by atoms with van der Waals surface area (Å²) < 4.78 is 47.3. The number of anilines is 1. The lowest BCUT2D eigenvalue weighted by molar-refractivity contribution is 0.423. The molecule has 9 heteroatoms. The number of nitrogens with one attached hydrogen (secondary N) is 1. The van der Waals surface area contributed by atoms with Crippen LogP contribution in [0.15, 0.2) is 81.1 Å². The molecule has 0 bridgehead atoms. The van der Waals surface area contributed by atoms with Crippen LogP contribution in [-0.2, 0) is 10.0 Å². The highest BCUT2D eigenvalue weighted by Gasteiger charge is 2.17. The number of hydrogen-bond acceptors (Lipinski definition) is 5. The largest absolute Gasteiger partial charge is 0.363 e. The lowest BCUT2D eigenvalue weighted by Crippen LogP contribution is -2.19. The van der Waals surface area contributed by atoms with Gasteiger partial charge in [0, 0.05) is 17.5 Å². The quantitative estimate of drug-likeness (QED) is 0.583. The Balaban J connectivity index is 1.87. The Morgan fingerprint density at radius 3 is 2.59 bits per heavy atom. The van der Waals surface area contributed by atoms with Crippen molar-refractivity contribution in [2.45, 2.75) is 4.90 Å². The molecule has 2 heterocycles. The molecule has 0 amide bonds. The van der Waals surface area contributed by atoms with E-state index in [0.717, 1.165) is 0 Å². The highest BCUT2D eigenvalue weighted by atomic mass is 32.2. The number of nitrogens with zero attached hydrogens (tertiary/aromatic N) is 2. The van der Waals surface area contributed by atoms with Crippen LogP contribution in [0.4, 0.5) is 10.2 Å². The molecule has 2 aromatic carbocycles. The van der Waals surface area contributed by atoms with Crippen LogP contribution in [0.1, 0.15) is 0 Å². The maximum atomic E-state index is 14.2. The lowest BCUT2D eigenvalue weighted by Gasteiger charge is -2.12. The lowest BCUT2D eigenvalue weighted by atomic mass is 10.2.